The van der Waals surface area contributed by atoms with E-state index in [1.807, 2.05) is 18.3 Å². The molecule has 0 aliphatic rings. The molecule has 0 amide bonds. The minimum atomic E-state index is 0.740. The summed E-state index contributed by atoms with van der Waals surface area (Å²) in [5, 5.41) is 6.28. The quantitative estimate of drug-likeness (QED) is 0.519. The first-order valence-corrected chi connectivity index (χ1v) is 8.12. The molecule has 124 valence electrons. The first-order valence-electron chi connectivity index (χ1n) is 8.12. The summed E-state index contributed by atoms with van der Waals surface area (Å²) < 4.78 is 11.1. The van der Waals surface area contributed by atoms with Crippen LogP contribution in [0, 0.1) is 13.8 Å². The molecule has 0 fully saturated rings. The van der Waals surface area contributed by atoms with Crippen LogP contribution in [0.3, 0.4) is 0 Å². The Morgan fingerprint density at radius 3 is 2.64 bits per heavy atom. The minimum absolute atomic E-state index is 0.740. The maximum Gasteiger partial charge on any atom is 0.174 e. The zero-order valence-electron chi connectivity index (χ0n) is 14.4. The van der Waals surface area contributed by atoms with Gasteiger partial charge in [0.2, 0.25) is 0 Å². The highest BCUT2D eigenvalue weighted by atomic mass is 16.5. The summed E-state index contributed by atoms with van der Waals surface area (Å²) in [5.74, 6) is 1.59. The van der Waals surface area contributed by atoms with Crippen molar-refractivity contribution in [3.8, 4) is 28.2 Å². The number of nitrogens with zero attached hydrogens (tertiary/aromatic N) is 2. The third kappa shape index (κ3) is 2.66. The van der Waals surface area contributed by atoms with Gasteiger partial charge in [-0.05, 0) is 60.2 Å². The highest BCUT2D eigenvalue weighted by Crippen LogP contribution is 2.36. The maximum atomic E-state index is 5.59. The molecule has 0 aliphatic heterocycles. The van der Waals surface area contributed by atoms with E-state index >= 15 is 0 Å². The van der Waals surface area contributed by atoms with Crippen LogP contribution in [-0.2, 0) is 0 Å². The van der Waals surface area contributed by atoms with Gasteiger partial charge in [-0.2, -0.15) is 0 Å². The van der Waals surface area contributed by atoms with E-state index in [-0.39, 0.29) is 0 Å². The number of benzene rings is 2. The van der Waals surface area contributed by atoms with E-state index in [1.165, 1.54) is 0 Å². The monoisotopic (exact) mass is 330 g/mol. The average Bonchev–Trinajstić information content (AvgIpc) is 3.13. The number of hydrogen-bond acceptors (Lipinski definition) is 4. The molecule has 0 aliphatic carbocycles. The van der Waals surface area contributed by atoms with Crippen molar-refractivity contribution in [1.82, 2.24) is 10.1 Å². The van der Waals surface area contributed by atoms with Gasteiger partial charge < -0.3 is 9.26 Å². The number of ether oxygens (including phenoxy) is 1. The number of aryl methyl sites for hydroxylation is 1. The highest BCUT2D eigenvalue weighted by molar-refractivity contribution is 5.89. The lowest BCUT2D eigenvalue weighted by atomic mass is 9.97. The van der Waals surface area contributed by atoms with Gasteiger partial charge in [0.25, 0.3) is 0 Å². The molecule has 4 rings (SSSR count). The Morgan fingerprint density at radius 1 is 0.920 bits per heavy atom. The van der Waals surface area contributed by atoms with Crippen LogP contribution in [-0.4, -0.2) is 17.3 Å². The molecule has 0 saturated carbocycles. The molecule has 0 N–H and O–H groups in total. The summed E-state index contributed by atoms with van der Waals surface area (Å²) in [6.45, 7) is 4.12. The second-order valence-electron chi connectivity index (χ2n) is 6.13. The number of hydrogen-bond donors (Lipinski definition) is 0. The lowest BCUT2D eigenvalue weighted by Gasteiger charge is -2.10. The lowest BCUT2D eigenvalue weighted by molar-refractivity contribution is 0.410. The summed E-state index contributed by atoms with van der Waals surface area (Å²) in [6.07, 6.45) is 5.42. The van der Waals surface area contributed by atoms with Crippen molar-refractivity contribution in [3.63, 3.8) is 0 Å². The second kappa shape index (κ2) is 6.06. The Morgan fingerprint density at radius 2 is 1.80 bits per heavy atom. The Kier molecular flexibility index (Phi) is 3.73. The molecule has 25 heavy (non-hydrogen) atoms. The third-order valence-corrected chi connectivity index (χ3v) is 4.62. The molecule has 0 spiro atoms. The number of methoxy groups -OCH3 is 1. The van der Waals surface area contributed by atoms with Crippen LogP contribution in [0.15, 0.2) is 59.5 Å². The number of pyridine rings is 1. The van der Waals surface area contributed by atoms with Gasteiger partial charge in [-0.1, -0.05) is 17.3 Å². The van der Waals surface area contributed by atoms with Crippen LogP contribution < -0.4 is 4.74 Å². The Balaban J connectivity index is 1.87. The SMILES string of the molecule is COc1cc(-c2oncc2-c2ccc3ccncc3c2)cc(C)c1C. The van der Waals surface area contributed by atoms with Gasteiger partial charge in [-0.3, -0.25) is 4.98 Å². The largest absolute Gasteiger partial charge is 0.496 e. The third-order valence-electron chi connectivity index (χ3n) is 4.62. The van der Waals surface area contributed by atoms with Gasteiger partial charge >= 0.3 is 0 Å². The Labute approximate surface area is 146 Å². The summed E-state index contributed by atoms with van der Waals surface area (Å²) in [6, 6.07) is 12.4. The number of aromatic nitrogens is 2. The smallest absolute Gasteiger partial charge is 0.174 e. The topological polar surface area (TPSA) is 48.2 Å². The molecule has 2 heterocycles. The van der Waals surface area contributed by atoms with Crippen LogP contribution in [0.2, 0.25) is 0 Å². The highest BCUT2D eigenvalue weighted by Gasteiger charge is 2.16. The van der Waals surface area contributed by atoms with E-state index < -0.39 is 0 Å². The molecule has 2 aromatic heterocycles. The van der Waals surface area contributed by atoms with Gasteiger partial charge in [0.05, 0.1) is 13.3 Å². The fourth-order valence-electron chi connectivity index (χ4n) is 3.08. The van der Waals surface area contributed by atoms with E-state index in [0.29, 0.717) is 0 Å². The van der Waals surface area contributed by atoms with Crippen LogP contribution in [0.25, 0.3) is 33.2 Å². The molecule has 0 radical (unpaired) electrons. The second-order valence-corrected chi connectivity index (χ2v) is 6.13. The van der Waals surface area contributed by atoms with Crippen molar-refractivity contribution in [1.29, 1.82) is 0 Å². The number of fused-ring (bicyclic) bond motifs is 1. The number of rotatable bonds is 3. The van der Waals surface area contributed by atoms with Crippen LogP contribution in [0.5, 0.6) is 5.75 Å². The van der Waals surface area contributed by atoms with Crippen molar-refractivity contribution >= 4 is 10.8 Å². The van der Waals surface area contributed by atoms with E-state index in [2.05, 4.69) is 48.3 Å². The zero-order chi connectivity index (χ0) is 17.4. The van der Waals surface area contributed by atoms with Crippen LogP contribution in [0.4, 0.5) is 0 Å². The molecule has 2 aromatic carbocycles. The fraction of sp³-hybridized carbons (Fsp3) is 0.143. The predicted molar refractivity (Wildman–Crippen MR) is 98.7 cm³/mol. The molecular formula is C21H18N2O2. The first kappa shape index (κ1) is 15.4. The Bertz CT molecular complexity index is 1070. The van der Waals surface area contributed by atoms with E-state index in [1.54, 1.807) is 19.5 Å². The summed E-state index contributed by atoms with van der Waals surface area (Å²) >= 11 is 0. The normalized spacial score (nSPS) is 11.0. The molecule has 0 unspecified atom stereocenters. The molecule has 0 bridgehead atoms. The van der Waals surface area contributed by atoms with Crippen molar-refractivity contribution in [3.05, 3.63) is 66.1 Å². The minimum Gasteiger partial charge on any atom is -0.496 e. The molecule has 4 nitrogen and oxygen atoms in total. The van der Waals surface area contributed by atoms with Gasteiger partial charge in [-0.15, -0.1) is 0 Å². The van der Waals surface area contributed by atoms with Crippen molar-refractivity contribution in [2.75, 3.05) is 7.11 Å². The molecule has 4 heteroatoms. The van der Waals surface area contributed by atoms with Crippen molar-refractivity contribution in [2.24, 2.45) is 0 Å². The van der Waals surface area contributed by atoms with Gasteiger partial charge in [-0.25, -0.2) is 0 Å². The van der Waals surface area contributed by atoms with Gasteiger partial charge in [0, 0.05) is 28.9 Å². The first-order chi connectivity index (χ1) is 12.2. The molecule has 0 saturated heterocycles. The predicted octanol–water partition coefficient (Wildman–Crippen LogP) is 5.18. The molecule has 0 atom stereocenters. The summed E-state index contributed by atoms with van der Waals surface area (Å²) in [5.41, 5.74) is 5.24. The van der Waals surface area contributed by atoms with E-state index in [4.69, 9.17) is 9.26 Å². The van der Waals surface area contributed by atoms with Crippen LogP contribution >= 0.6 is 0 Å². The molecular weight excluding hydrogens is 312 g/mol. The van der Waals surface area contributed by atoms with Crippen molar-refractivity contribution < 1.29 is 9.26 Å². The zero-order valence-corrected chi connectivity index (χ0v) is 14.4. The average molecular weight is 330 g/mol. The van der Waals surface area contributed by atoms with Gasteiger partial charge in [0.1, 0.15) is 5.75 Å². The lowest BCUT2D eigenvalue weighted by Crippen LogP contribution is -1.92. The maximum absolute atomic E-state index is 5.59. The summed E-state index contributed by atoms with van der Waals surface area (Å²) in [7, 11) is 1.68. The Hall–Kier alpha value is -3.14. The van der Waals surface area contributed by atoms with Crippen molar-refractivity contribution in [2.45, 2.75) is 13.8 Å². The van der Waals surface area contributed by atoms with E-state index in [0.717, 1.165) is 50.1 Å². The van der Waals surface area contributed by atoms with Gasteiger partial charge in [0.15, 0.2) is 5.76 Å². The van der Waals surface area contributed by atoms with E-state index in [9.17, 15) is 0 Å². The standard InChI is InChI=1S/C21H18N2O2/c1-13-8-17(10-20(24-3)14(13)2)21-19(12-23-25-21)16-5-4-15-6-7-22-11-18(15)9-16/h4-12H,1-3H3. The summed E-state index contributed by atoms with van der Waals surface area (Å²) in [4.78, 5) is 4.20. The van der Waals surface area contributed by atoms with Crippen LogP contribution in [0.1, 0.15) is 11.1 Å². The fourth-order valence-corrected chi connectivity index (χ4v) is 3.08. The molecule has 4 aromatic rings.